The van der Waals surface area contributed by atoms with Crippen LogP contribution in [0, 0.1) is 13.8 Å². The number of para-hydroxylation sites is 2. The molecule has 1 aromatic carbocycles. The third-order valence-electron chi connectivity index (χ3n) is 6.42. The zero-order valence-corrected chi connectivity index (χ0v) is 18.6. The van der Waals surface area contributed by atoms with E-state index >= 15 is 0 Å². The van der Waals surface area contributed by atoms with Gasteiger partial charge in [0.1, 0.15) is 22.2 Å². The van der Waals surface area contributed by atoms with Crippen LogP contribution in [0.3, 0.4) is 0 Å². The number of likely N-dealkylation sites (tertiary alicyclic amines) is 1. The summed E-state index contributed by atoms with van der Waals surface area (Å²) in [5.41, 5.74) is 2.23. The van der Waals surface area contributed by atoms with E-state index in [4.69, 9.17) is 9.97 Å². The summed E-state index contributed by atoms with van der Waals surface area (Å²) in [4.78, 5) is 19.6. The van der Waals surface area contributed by atoms with Gasteiger partial charge in [0.15, 0.2) is 0 Å². The Morgan fingerprint density at radius 3 is 2.37 bits per heavy atom. The molecule has 3 aromatic rings. The van der Waals surface area contributed by atoms with Crippen molar-refractivity contribution in [3.05, 3.63) is 40.5 Å². The van der Waals surface area contributed by atoms with Crippen molar-refractivity contribution in [1.82, 2.24) is 14.9 Å². The van der Waals surface area contributed by atoms with E-state index < -0.39 is 0 Å². The van der Waals surface area contributed by atoms with Gasteiger partial charge >= 0.3 is 0 Å². The van der Waals surface area contributed by atoms with Crippen LogP contribution in [0.5, 0.6) is 5.75 Å². The molecule has 0 amide bonds. The maximum Gasteiger partial charge on any atom is 0.146 e. The molecule has 0 atom stereocenters. The monoisotopic (exact) mass is 423 g/mol. The molecule has 158 valence electrons. The molecule has 2 saturated heterocycles. The molecule has 7 heteroatoms. The topological polar surface area (TPSA) is 55.7 Å². The van der Waals surface area contributed by atoms with Crippen molar-refractivity contribution in [1.29, 1.82) is 0 Å². The van der Waals surface area contributed by atoms with Crippen LogP contribution in [0.2, 0.25) is 0 Å². The summed E-state index contributed by atoms with van der Waals surface area (Å²) < 4.78 is 0. The highest BCUT2D eigenvalue weighted by Crippen LogP contribution is 2.36. The molecule has 2 aromatic heterocycles. The lowest BCUT2D eigenvalue weighted by Gasteiger charge is -2.37. The zero-order chi connectivity index (χ0) is 20.7. The van der Waals surface area contributed by atoms with Gasteiger partial charge in [-0.05, 0) is 57.5 Å². The van der Waals surface area contributed by atoms with Crippen LogP contribution in [-0.4, -0.2) is 59.2 Å². The molecular weight excluding hydrogens is 394 g/mol. The Hall–Kier alpha value is -2.38. The van der Waals surface area contributed by atoms with Crippen molar-refractivity contribution < 1.29 is 5.11 Å². The summed E-state index contributed by atoms with van der Waals surface area (Å²) >= 11 is 1.79. The Balaban J connectivity index is 1.43. The van der Waals surface area contributed by atoms with Gasteiger partial charge in [-0.25, -0.2) is 9.97 Å². The van der Waals surface area contributed by atoms with Gasteiger partial charge in [0.25, 0.3) is 0 Å². The predicted molar refractivity (Wildman–Crippen MR) is 124 cm³/mol. The van der Waals surface area contributed by atoms with E-state index in [0.29, 0.717) is 5.75 Å². The Bertz CT molecular complexity index is 1050. The van der Waals surface area contributed by atoms with Gasteiger partial charge in [0.05, 0.1) is 17.6 Å². The van der Waals surface area contributed by atoms with Crippen LogP contribution < -0.4 is 9.80 Å². The number of fused-ring (bicyclic) bond motifs is 1. The molecule has 6 nitrogen and oxygen atoms in total. The molecular formula is C23H29N5OS. The fourth-order valence-corrected chi connectivity index (χ4v) is 5.65. The summed E-state index contributed by atoms with van der Waals surface area (Å²) in [6.45, 7) is 11.0. The fraction of sp³-hybridized carbons (Fsp3) is 0.478. The minimum atomic E-state index is 0.354. The quantitative estimate of drug-likeness (QED) is 0.686. The third-order valence-corrected chi connectivity index (χ3v) is 7.52. The molecule has 0 unspecified atom stereocenters. The molecule has 30 heavy (non-hydrogen) atoms. The normalized spacial score (nSPS) is 17.9. The van der Waals surface area contributed by atoms with Gasteiger partial charge in [0, 0.05) is 31.1 Å². The predicted octanol–water partition coefficient (Wildman–Crippen LogP) is 3.94. The average molecular weight is 424 g/mol. The van der Waals surface area contributed by atoms with Crippen LogP contribution in [0.1, 0.15) is 29.1 Å². The van der Waals surface area contributed by atoms with Crippen LogP contribution in [0.4, 0.5) is 11.5 Å². The molecule has 5 rings (SSSR count). The van der Waals surface area contributed by atoms with E-state index in [9.17, 15) is 5.11 Å². The van der Waals surface area contributed by atoms with Gasteiger partial charge in [-0.15, -0.1) is 11.3 Å². The fourth-order valence-electron chi connectivity index (χ4n) is 4.60. The number of hydrogen-bond donors (Lipinski definition) is 1. The van der Waals surface area contributed by atoms with Crippen molar-refractivity contribution in [2.75, 3.05) is 49.1 Å². The summed E-state index contributed by atoms with van der Waals surface area (Å²) in [7, 11) is 0. The maximum absolute atomic E-state index is 10.2. The van der Waals surface area contributed by atoms with E-state index in [-0.39, 0.29) is 0 Å². The highest BCUT2D eigenvalue weighted by atomic mass is 32.1. The van der Waals surface area contributed by atoms with Gasteiger partial charge in [-0.2, -0.15) is 0 Å². The van der Waals surface area contributed by atoms with Crippen molar-refractivity contribution in [2.24, 2.45) is 0 Å². The lowest BCUT2D eigenvalue weighted by Crippen LogP contribution is -2.47. The molecule has 0 spiro atoms. The number of phenolic OH excluding ortho intramolecular Hbond substituents is 1. The second-order valence-electron chi connectivity index (χ2n) is 8.37. The maximum atomic E-state index is 10.2. The summed E-state index contributed by atoms with van der Waals surface area (Å²) in [6, 6.07) is 7.61. The first kappa shape index (κ1) is 19.6. The Kier molecular flexibility index (Phi) is 5.25. The van der Waals surface area contributed by atoms with E-state index in [1.165, 1.54) is 28.7 Å². The molecule has 0 radical (unpaired) electrons. The van der Waals surface area contributed by atoms with Crippen LogP contribution >= 0.6 is 11.3 Å². The van der Waals surface area contributed by atoms with E-state index in [1.807, 2.05) is 18.2 Å². The van der Waals surface area contributed by atoms with E-state index in [1.54, 1.807) is 17.4 Å². The van der Waals surface area contributed by atoms with Crippen LogP contribution in [0.15, 0.2) is 24.3 Å². The zero-order valence-electron chi connectivity index (χ0n) is 17.8. The lowest BCUT2D eigenvalue weighted by molar-refractivity contribution is 0.323. The first-order valence-electron chi connectivity index (χ1n) is 10.9. The summed E-state index contributed by atoms with van der Waals surface area (Å²) in [5, 5.41) is 11.4. The standard InChI is InChI=1S/C23H29N5OS/c1-16-17(2)30-23-21(16)22(24-20(25-23)15-26-9-5-6-10-26)28-13-11-27(12-14-28)18-7-3-4-8-19(18)29/h3-4,7-8,29H,5-6,9-15H2,1-2H3. The largest absolute Gasteiger partial charge is 0.506 e. The third kappa shape index (κ3) is 3.61. The summed E-state index contributed by atoms with van der Waals surface area (Å²) in [5.74, 6) is 2.39. The molecule has 1 N–H and O–H groups in total. The number of aryl methyl sites for hydroxylation is 2. The van der Waals surface area contributed by atoms with Gasteiger partial charge in [-0.1, -0.05) is 12.1 Å². The van der Waals surface area contributed by atoms with Crippen molar-refractivity contribution >= 4 is 33.1 Å². The number of nitrogens with zero attached hydrogens (tertiary/aromatic N) is 5. The van der Waals surface area contributed by atoms with Crippen LogP contribution in [-0.2, 0) is 6.54 Å². The van der Waals surface area contributed by atoms with Crippen molar-refractivity contribution in [3.63, 3.8) is 0 Å². The molecule has 2 aliphatic heterocycles. The minimum Gasteiger partial charge on any atom is -0.506 e. The number of rotatable bonds is 4. The average Bonchev–Trinajstić information content (AvgIpc) is 3.36. The molecule has 0 bridgehead atoms. The molecule has 2 aliphatic rings. The molecule has 0 saturated carbocycles. The number of anilines is 2. The highest BCUT2D eigenvalue weighted by Gasteiger charge is 2.25. The first-order chi connectivity index (χ1) is 14.6. The number of benzene rings is 1. The Morgan fingerprint density at radius 1 is 0.933 bits per heavy atom. The van der Waals surface area contributed by atoms with Gasteiger partial charge in [-0.3, -0.25) is 4.90 Å². The van der Waals surface area contributed by atoms with Gasteiger partial charge in [0.2, 0.25) is 0 Å². The highest BCUT2D eigenvalue weighted by molar-refractivity contribution is 7.18. The second kappa shape index (κ2) is 8.04. The first-order valence-corrected chi connectivity index (χ1v) is 11.7. The number of hydrogen-bond acceptors (Lipinski definition) is 7. The SMILES string of the molecule is Cc1sc2nc(CN3CCCC3)nc(N3CCN(c4ccccc4O)CC3)c2c1C. The van der Waals surface area contributed by atoms with Crippen LogP contribution in [0.25, 0.3) is 10.2 Å². The number of aromatic nitrogens is 2. The smallest absolute Gasteiger partial charge is 0.146 e. The van der Waals surface area contributed by atoms with E-state index in [0.717, 1.165) is 68.0 Å². The lowest BCUT2D eigenvalue weighted by atomic mass is 10.1. The second-order valence-corrected chi connectivity index (χ2v) is 9.58. The van der Waals surface area contributed by atoms with Crippen molar-refractivity contribution in [2.45, 2.75) is 33.2 Å². The van der Waals surface area contributed by atoms with Gasteiger partial charge < -0.3 is 14.9 Å². The molecule has 2 fully saturated rings. The van der Waals surface area contributed by atoms with E-state index in [2.05, 4.69) is 28.5 Å². The van der Waals surface area contributed by atoms with Crippen molar-refractivity contribution in [3.8, 4) is 5.75 Å². The number of piperazine rings is 1. The molecule has 4 heterocycles. The Labute approximate surface area is 181 Å². The number of thiophene rings is 1. The summed E-state index contributed by atoms with van der Waals surface area (Å²) in [6.07, 6.45) is 2.56. The number of phenols is 1. The number of aromatic hydroxyl groups is 1. The molecule has 0 aliphatic carbocycles. The Morgan fingerprint density at radius 2 is 1.63 bits per heavy atom. The minimum absolute atomic E-state index is 0.354.